The molecule has 0 aliphatic carbocycles. The summed E-state index contributed by atoms with van der Waals surface area (Å²) in [5.74, 6) is -1.31. The number of hydrogen-bond donors (Lipinski definition) is 2. The van der Waals surface area contributed by atoms with E-state index >= 15 is 0 Å². The highest BCUT2D eigenvalue weighted by Gasteiger charge is 2.14. The maximum atomic E-state index is 13.4. The van der Waals surface area contributed by atoms with E-state index in [0.29, 0.717) is 27.7 Å². The molecule has 0 aliphatic heterocycles. The Bertz CT molecular complexity index is 902. The largest absolute Gasteiger partial charge is 0.465 e. The predicted octanol–water partition coefficient (Wildman–Crippen LogP) is 3.35. The number of anilines is 1. The zero-order valence-electron chi connectivity index (χ0n) is 12.2. The predicted molar refractivity (Wildman–Crippen MR) is 84.0 cm³/mol. The van der Waals surface area contributed by atoms with E-state index in [4.69, 9.17) is 0 Å². The minimum Gasteiger partial charge on any atom is -0.465 e. The number of nitrogens with one attached hydrogen (secondary N) is 2. The van der Waals surface area contributed by atoms with Crippen molar-refractivity contribution in [1.29, 1.82) is 0 Å². The number of carbonyl (C=O) groups is 2. The molecule has 5 nitrogen and oxygen atoms in total. The van der Waals surface area contributed by atoms with E-state index in [9.17, 15) is 14.0 Å². The van der Waals surface area contributed by atoms with Gasteiger partial charge in [-0.3, -0.25) is 4.79 Å². The van der Waals surface area contributed by atoms with E-state index in [1.165, 1.54) is 31.5 Å². The fourth-order valence-electron chi connectivity index (χ4n) is 2.32. The number of ether oxygens (including phenoxy) is 1. The molecule has 0 unspecified atom stereocenters. The number of amides is 1. The second-order valence-electron chi connectivity index (χ2n) is 4.92. The molecule has 116 valence electrons. The van der Waals surface area contributed by atoms with Crippen LogP contribution in [0.15, 0.2) is 48.7 Å². The van der Waals surface area contributed by atoms with Crippen LogP contribution in [-0.2, 0) is 4.74 Å². The number of rotatable bonds is 3. The molecule has 1 heterocycles. The minimum atomic E-state index is -0.490. The van der Waals surface area contributed by atoms with Crippen LogP contribution in [0.1, 0.15) is 20.7 Å². The normalized spacial score (nSPS) is 10.5. The van der Waals surface area contributed by atoms with Gasteiger partial charge in [0.2, 0.25) is 0 Å². The Morgan fingerprint density at radius 1 is 1.17 bits per heavy atom. The molecule has 3 aromatic rings. The average molecular weight is 312 g/mol. The molecular weight excluding hydrogens is 299 g/mol. The van der Waals surface area contributed by atoms with Crippen molar-refractivity contribution in [3.63, 3.8) is 0 Å². The molecule has 3 rings (SSSR count). The van der Waals surface area contributed by atoms with Crippen molar-refractivity contribution in [3.8, 4) is 0 Å². The second-order valence-corrected chi connectivity index (χ2v) is 4.92. The van der Waals surface area contributed by atoms with Crippen LogP contribution in [0.3, 0.4) is 0 Å². The molecule has 0 atom stereocenters. The first-order chi connectivity index (χ1) is 11.1. The number of aromatic nitrogens is 1. The van der Waals surface area contributed by atoms with Gasteiger partial charge in [-0.15, -0.1) is 0 Å². The maximum Gasteiger partial charge on any atom is 0.337 e. The lowest BCUT2D eigenvalue weighted by Gasteiger charge is -2.06. The molecule has 2 N–H and O–H groups in total. The van der Waals surface area contributed by atoms with Gasteiger partial charge in [0.25, 0.3) is 5.91 Å². The second kappa shape index (κ2) is 5.92. The van der Waals surface area contributed by atoms with Crippen molar-refractivity contribution >= 4 is 28.5 Å². The maximum absolute atomic E-state index is 13.4. The van der Waals surface area contributed by atoms with E-state index in [0.717, 1.165) is 0 Å². The van der Waals surface area contributed by atoms with Crippen LogP contribution in [0.5, 0.6) is 0 Å². The molecule has 1 aromatic heterocycles. The molecule has 0 radical (unpaired) electrons. The molecule has 0 bridgehead atoms. The lowest BCUT2D eigenvalue weighted by Crippen LogP contribution is -2.12. The Labute approximate surface area is 131 Å². The van der Waals surface area contributed by atoms with Crippen LogP contribution in [-0.4, -0.2) is 24.0 Å². The Hall–Kier alpha value is -3.15. The molecule has 0 aliphatic rings. The van der Waals surface area contributed by atoms with Gasteiger partial charge in [0.15, 0.2) is 0 Å². The molecule has 23 heavy (non-hydrogen) atoms. The zero-order chi connectivity index (χ0) is 16.4. The van der Waals surface area contributed by atoms with Crippen molar-refractivity contribution in [2.75, 3.05) is 12.4 Å². The van der Waals surface area contributed by atoms with Crippen LogP contribution >= 0.6 is 0 Å². The number of esters is 1. The number of methoxy groups -OCH3 is 1. The van der Waals surface area contributed by atoms with Gasteiger partial charge in [-0.25, -0.2) is 9.18 Å². The third-order valence-corrected chi connectivity index (χ3v) is 3.43. The summed E-state index contributed by atoms with van der Waals surface area (Å²) in [6, 6.07) is 10.6. The molecule has 6 heteroatoms. The van der Waals surface area contributed by atoms with Gasteiger partial charge in [-0.2, -0.15) is 0 Å². The monoisotopic (exact) mass is 312 g/mol. The first-order valence-electron chi connectivity index (χ1n) is 6.85. The van der Waals surface area contributed by atoms with Gasteiger partial charge in [-0.05, 0) is 36.4 Å². The Balaban J connectivity index is 1.89. The number of H-pyrrole nitrogens is 1. The number of hydrogen-bond acceptors (Lipinski definition) is 3. The molecule has 2 aromatic carbocycles. The average Bonchev–Trinajstić information content (AvgIpc) is 2.97. The van der Waals surface area contributed by atoms with E-state index in [-0.39, 0.29) is 0 Å². The van der Waals surface area contributed by atoms with Crippen molar-refractivity contribution in [2.45, 2.75) is 0 Å². The SMILES string of the molecule is COC(=O)c1cccc(NC(=O)c2c[nH]c3ccc(F)cc23)c1. The molecular formula is C17H13FN2O3. The smallest absolute Gasteiger partial charge is 0.337 e. The summed E-state index contributed by atoms with van der Waals surface area (Å²) in [4.78, 5) is 26.8. The summed E-state index contributed by atoms with van der Waals surface area (Å²) in [6.07, 6.45) is 1.52. The van der Waals surface area contributed by atoms with E-state index in [2.05, 4.69) is 15.0 Å². The quantitative estimate of drug-likeness (QED) is 0.729. The number of fused-ring (bicyclic) bond motifs is 1. The summed E-state index contributed by atoms with van der Waals surface area (Å²) >= 11 is 0. The Morgan fingerprint density at radius 3 is 2.78 bits per heavy atom. The lowest BCUT2D eigenvalue weighted by molar-refractivity contribution is 0.0600. The minimum absolute atomic E-state index is 0.322. The lowest BCUT2D eigenvalue weighted by atomic mass is 10.1. The molecule has 0 saturated heterocycles. The fourth-order valence-corrected chi connectivity index (χ4v) is 2.32. The van der Waals surface area contributed by atoms with Crippen molar-refractivity contribution in [3.05, 3.63) is 65.6 Å². The topological polar surface area (TPSA) is 71.2 Å². The van der Waals surface area contributed by atoms with Crippen LogP contribution in [0.4, 0.5) is 10.1 Å². The fraction of sp³-hybridized carbons (Fsp3) is 0.0588. The van der Waals surface area contributed by atoms with E-state index < -0.39 is 17.7 Å². The number of benzene rings is 2. The molecule has 0 fully saturated rings. The van der Waals surface area contributed by atoms with Crippen LogP contribution in [0, 0.1) is 5.82 Å². The van der Waals surface area contributed by atoms with Crippen molar-refractivity contribution in [2.24, 2.45) is 0 Å². The van der Waals surface area contributed by atoms with Crippen molar-refractivity contribution in [1.82, 2.24) is 4.98 Å². The van der Waals surface area contributed by atoms with Crippen molar-refractivity contribution < 1.29 is 18.7 Å². The Kier molecular flexibility index (Phi) is 3.80. The third-order valence-electron chi connectivity index (χ3n) is 3.43. The van der Waals surface area contributed by atoms with E-state index in [1.807, 2.05) is 0 Å². The number of halogens is 1. The van der Waals surface area contributed by atoms with Gasteiger partial charge < -0.3 is 15.0 Å². The van der Waals surface area contributed by atoms with Gasteiger partial charge in [-0.1, -0.05) is 6.07 Å². The zero-order valence-corrected chi connectivity index (χ0v) is 12.2. The van der Waals surface area contributed by atoms with Gasteiger partial charge in [0.1, 0.15) is 5.82 Å². The number of aromatic amines is 1. The van der Waals surface area contributed by atoms with Gasteiger partial charge in [0.05, 0.1) is 18.2 Å². The van der Waals surface area contributed by atoms with Crippen LogP contribution in [0.25, 0.3) is 10.9 Å². The summed E-state index contributed by atoms with van der Waals surface area (Å²) in [5.41, 5.74) is 1.77. The standard InChI is InChI=1S/C17H13FN2O3/c1-23-17(22)10-3-2-4-12(7-10)20-16(21)14-9-19-15-6-5-11(18)8-13(14)15/h2-9,19H,1H3,(H,20,21). The molecule has 0 spiro atoms. The highest BCUT2D eigenvalue weighted by molar-refractivity contribution is 6.13. The number of carbonyl (C=O) groups excluding carboxylic acids is 2. The summed E-state index contributed by atoms with van der Waals surface area (Å²) in [6.45, 7) is 0. The Morgan fingerprint density at radius 2 is 2.00 bits per heavy atom. The highest BCUT2D eigenvalue weighted by Crippen LogP contribution is 2.21. The summed E-state index contributed by atoms with van der Waals surface area (Å²) in [7, 11) is 1.29. The van der Waals surface area contributed by atoms with E-state index in [1.54, 1.807) is 24.3 Å². The summed E-state index contributed by atoms with van der Waals surface area (Å²) < 4.78 is 18.0. The van der Waals surface area contributed by atoms with Crippen LogP contribution < -0.4 is 5.32 Å². The molecule has 0 saturated carbocycles. The van der Waals surface area contributed by atoms with Gasteiger partial charge in [0, 0.05) is 22.8 Å². The first kappa shape index (κ1) is 14.8. The van der Waals surface area contributed by atoms with Gasteiger partial charge >= 0.3 is 5.97 Å². The molecule has 1 amide bonds. The summed E-state index contributed by atoms with van der Waals surface area (Å²) in [5, 5.41) is 3.18. The highest BCUT2D eigenvalue weighted by atomic mass is 19.1. The third kappa shape index (κ3) is 2.91. The first-order valence-corrected chi connectivity index (χ1v) is 6.85. The van der Waals surface area contributed by atoms with Crippen LogP contribution in [0.2, 0.25) is 0 Å².